The third-order valence-corrected chi connectivity index (χ3v) is 4.20. The molecule has 0 spiro atoms. The van der Waals surface area contributed by atoms with Crippen molar-refractivity contribution in [2.45, 2.75) is 13.1 Å². The van der Waals surface area contributed by atoms with Gasteiger partial charge in [-0.1, -0.05) is 29.8 Å². The molecule has 0 radical (unpaired) electrons. The molecule has 1 aliphatic heterocycles. The largest absolute Gasteiger partial charge is 0.460 e. The van der Waals surface area contributed by atoms with Crippen molar-refractivity contribution < 1.29 is 13.9 Å². The lowest BCUT2D eigenvalue weighted by molar-refractivity contribution is 0.174. The van der Waals surface area contributed by atoms with Crippen molar-refractivity contribution in [3.63, 3.8) is 0 Å². The van der Waals surface area contributed by atoms with Gasteiger partial charge in [0, 0.05) is 12.1 Å². The summed E-state index contributed by atoms with van der Waals surface area (Å²) in [6, 6.07) is 17.5. The summed E-state index contributed by atoms with van der Waals surface area (Å²) in [5, 5.41) is 4.05. The van der Waals surface area contributed by atoms with Gasteiger partial charge in [0.05, 0.1) is 11.6 Å². The molecule has 130 valence electrons. The summed E-state index contributed by atoms with van der Waals surface area (Å²) in [6.07, 6.45) is 0. The second-order valence-electron chi connectivity index (χ2n) is 5.54. The van der Waals surface area contributed by atoms with E-state index in [1.54, 1.807) is 0 Å². The van der Waals surface area contributed by atoms with E-state index < -0.39 is 0 Å². The second kappa shape index (κ2) is 7.83. The molecule has 3 aromatic rings. The molecule has 4 nitrogen and oxygen atoms in total. The smallest absolute Gasteiger partial charge is 0.231 e. The van der Waals surface area contributed by atoms with Gasteiger partial charge in [0.1, 0.15) is 11.5 Å². The lowest BCUT2D eigenvalue weighted by atomic mass is 10.2. The van der Waals surface area contributed by atoms with E-state index in [0.717, 1.165) is 40.7 Å². The second-order valence-corrected chi connectivity index (χ2v) is 5.94. The summed E-state index contributed by atoms with van der Waals surface area (Å²) in [5.41, 5.74) is 2.04. The monoisotopic (exact) mass is 377 g/mol. The molecular weight excluding hydrogens is 361 g/mol. The van der Waals surface area contributed by atoms with Crippen molar-refractivity contribution in [2.75, 3.05) is 6.79 Å². The molecule has 1 N–H and O–H groups in total. The van der Waals surface area contributed by atoms with Crippen LogP contribution in [0.1, 0.15) is 11.3 Å². The maximum Gasteiger partial charge on any atom is 0.231 e. The Morgan fingerprint density at radius 2 is 1.76 bits per heavy atom. The van der Waals surface area contributed by atoms with Crippen LogP contribution in [0.5, 0.6) is 11.5 Å². The van der Waals surface area contributed by atoms with Gasteiger partial charge >= 0.3 is 0 Å². The number of fused-ring (bicyclic) bond motifs is 1. The van der Waals surface area contributed by atoms with Crippen molar-refractivity contribution in [3.8, 4) is 22.8 Å². The molecule has 0 saturated heterocycles. The third-order valence-electron chi connectivity index (χ3n) is 3.87. The highest BCUT2D eigenvalue weighted by Crippen LogP contribution is 2.32. The van der Waals surface area contributed by atoms with Crippen molar-refractivity contribution in [1.82, 2.24) is 5.32 Å². The highest BCUT2D eigenvalue weighted by Gasteiger charge is 2.13. The third kappa shape index (κ3) is 3.93. The van der Waals surface area contributed by atoms with Gasteiger partial charge in [-0.05, 0) is 42.0 Å². The van der Waals surface area contributed by atoms with Crippen LogP contribution in [0.2, 0.25) is 5.02 Å². The first-order chi connectivity index (χ1) is 11.8. The van der Waals surface area contributed by atoms with Gasteiger partial charge in [0.2, 0.25) is 6.79 Å². The van der Waals surface area contributed by atoms with E-state index in [-0.39, 0.29) is 12.4 Å². The van der Waals surface area contributed by atoms with Crippen LogP contribution in [0, 0.1) is 0 Å². The summed E-state index contributed by atoms with van der Waals surface area (Å²) in [7, 11) is 0. The Morgan fingerprint density at radius 1 is 0.920 bits per heavy atom. The Balaban J connectivity index is 0.00000182. The van der Waals surface area contributed by atoms with Crippen LogP contribution < -0.4 is 14.8 Å². The number of halogens is 2. The maximum absolute atomic E-state index is 6.20. The standard InChI is InChI=1S/C19H16ClNO3.ClH/c20-16-4-2-1-3-15(16)17-8-6-14(24-17)11-21-10-13-5-7-18-19(9-13)23-12-22-18;/h1-9,21H,10-12H2;1H. The molecular formula is C19H17Cl2NO3. The van der Waals surface area contributed by atoms with Crippen LogP contribution in [0.15, 0.2) is 59.0 Å². The fourth-order valence-corrected chi connectivity index (χ4v) is 2.89. The Bertz CT molecular complexity index is 863. The molecule has 2 aromatic carbocycles. The lowest BCUT2D eigenvalue weighted by Crippen LogP contribution is -2.11. The lowest BCUT2D eigenvalue weighted by Gasteiger charge is -2.05. The number of ether oxygens (including phenoxy) is 2. The van der Waals surface area contributed by atoms with Crippen molar-refractivity contribution in [3.05, 3.63) is 70.9 Å². The Kier molecular flexibility index (Phi) is 5.53. The van der Waals surface area contributed by atoms with E-state index in [0.29, 0.717) is 18.4 Å². The van der Waals surface area contributed by atoms with E-state index in [2.05, 4.69) is 5.32 Å². The number of nitrogens with one attached hydrogen (secondary N) is 1. The first-order valence-corrected chi connectivity index (χ1v) is 8.10. The van der Waals surface area contributed by atoms with Crippen LogP contribution in [-0.2, 0) is 13.1 Å². The summed E-state index contributed by atoms with van der Waals surface area (Å²) in [4.78, 5) is 0. The molecule has 1 aromatic heterocycles. The van der Waals surface area contributed by atoms with Gasteiger partial charge in [-0.25, -0.2) is 0 Å². The molecule has 0 aliphatic carbocycles. The van der Waals surface area contributed by atoms with Gasteiger partial charge in [-0.3, -0.25) is 0 Å². The highest BCUT2D eigenvalue weighted by atomic mass is 35.5. The van der Waals surface area contributed by atoms with Crippen molar-refractivity contribution in [2.24, 2.45) is 0 Å². The van der Waals surface area contributed by atoms with Gasteiger partial charge in [0.15, 0.2) is 11.5 Å². The Labute approximate surface area is 157 Å². The minimum Gasteiger partial charge on any atom is -0.460 e. The minimum atomic E-state index is 0. The summed E-state index contributed by atoms with van der Waals surface area (Å²) >= 11 is 6.20. The number of rotatable bonds is 5. The SMILES string of the molecule is Cl.Clc1ccccc1-c1ccc(CNCc2ccc3c(c2)OCO3)o1. The van der Waals surface area contributed by atoms with Crippen LogP contribution in [0.4, 0.5) is 0 Å². The highest BCUT2D eigenvalue weighted by molar-refractivity contribution is 6.33. The average molecular weight is 378 g/mol. The van der Waals surface area contributed by atoms with E-state index in [1.165, 1.54) is 0 Å². The van der Waals surface area contributed by atoms with Gasteiger partial charge in [-0.2, -0.15) is 0 Å². The number of hydrogen-bond acceptors (Lipinski definition) is 4. The molecule has 0 atom stereocenters. The first kappa shape index (κ1) is 17.7. The minimum absolute atomic E-state index is 0. The fourth-order valence-electron chi connectivity index (χ4n) is 2.66. The molecule has 2 heterocycles. The molecule has 0 bridgehead atoms. The molecule has 0 fully saturated rings. The van der Waals surface area contributed by atoms with E-state index in [4.69, 9.17) is 25.5 Å². The normalized spacial score (nSPS) is 12.0. The number of hydrogen-bond donors (Lipinski definition) is 1. The number of benzene rings is 2. The summed E-state index contributed by atoms with van der Waals surface area (Å²) < 4.78 is 16.6. The summed E-state index contributed by atoms with van der Waals surface area (Å²) in [5.74, 6) is 3.24. The predicted molar refractivity (Wildman–Crippen MR) is 99.5 cm³/mol. The molecule has 0 amide bonds. The zero-order valence-electron chi connectivity index (χ0n) is 13.3. The average Bonchev–Trinajstić information content (AvgIpc) is 3.24. The molecule has 1 aliphatic rings. The molecule has 6 heteroatoms. The molecule has 25 heavy (non-hydrogen) atoms. The maximum atomic E-state index is 6.20. The van der Waals surface area contributed by atoms with Crippen LogP contribution in [-0.4, -0.2) is 6.79 Å². The van der Waals surface area contributed by atoms with Crippen molar-refractivity contribution in [1.29, 1.82) is 0 Å². The first-order valence-electron chi connectivity index (χ1n) is 7.72. The predicted octanol–water partition coefficient (Wildman–Crippen LogP) is 5.04. The summed E-state index contributed by atoms with van der Waals surface area (Å²) in [6.45, 7) is 1.65. The van der Waals surface area contributed by atoms with Crippen LogP contribution >= 0.6 is 24.0 Å². The zero-order chi connectivity index (χ0) is 16.4. The quantitative estimate of drug-likeness (QED) is 0.676. The van der Waals surface area contributed by atoms with Crippen LogP contribution in [0.3, 0.4) is 0 Å². The van der Waals surface area contributed by atoms with Gasteiger partial charge in [0.25, 0.3) is 0 Å². The molecule has 0 saturated carbocycles. The van der Waals surface area contributed by atoms with E-state index in [9.17, 15) is 0 Å². The molecule has 0 unspecified atom stereocenters. The van der Waals surface area contributed by atoms with E-state index in [1.807, 2.05) is 54.6 Å². The fraction of sp³-hybridized carbons (Fsp3) is 0.158. The van der Waals surface area contributed by atoms with E-state index >= 15 is 0 Å². The van der Waals surface area contributed by atoms with Gasteiger partial charge in [-0.15, -0.1) is 12.4 Å². The zero-order valence-corrected chi connectivity index (χ0v) is 14.9. The molecule has 4 rings (SSSR count). The van der Waals surface area contributed by atoms with Gasteiger partial charge < -0.3 is 19.2 Å². The topological polar surface area (TPSA) is 43.6 Å². The number of furan rings is 1. The Hall–Kier alpha value is -2.14. The van der Waals surface area contributed by atoms with Crippen molar-refractivity contribution >= 4 is 24.0 Å². The Morgan fingerprint density at radius 3 is 2.64 bits per heavy atom. The van der Waals surface area contributed by atoms with Crippen LogP contribution in [0.25, 0.3) is 11.3 Å².